The van der Waals surface area contributed by atoms with Crippen molar-refractivity contribution in [2.24, 2.45) is 0 Å². The lowest BCUT2D eigenvalue weighted by atomic mass is 9.95. The Bertz CT molecular complexity index is 472. The normalized spacial score (nSPS) is 23.1. The minimum atomic E-state index is -0.453. The summed E-state index contributed by atoms with van der Waals surface area (Å²) in [7, 11) is 0. The van der Waals surface area contributed by atoms with Crippen molar-refractivity contribution in [3.63, 3.8) is 0 Å². The van der Waals surface area contributed by atoms with Gasteiger partial charge in [0.15, 0.2) is 0 Å². The van der Waals surface area contributed by atoms with Crippen LogP contribution in [0.3, 0.4) is 0 Å². The number of aromatic nitrogens is 1. The fraction of sp³-hybridized carbons (Fsp3) is 0.583. The molecule has 7 heteroatoms. The van der Waals surface area contributed by atoms with Crippen LogP contribution in [0.4, 0.5) is 11.5 Å². The zero-order valence-corrected chi connectivity index (χ0v) is 12.2. The first-order valence-electron chi connectivity index (χ1n) is 6.21. The summed E-state index contributed by atoms with van der Waals surface area (Å²) < 4.78 is 0. The molecule has 0 saturated heterocycles. The van der Waals surface area contributed by atoms with E-state index in [0.717, 1.165) is 6.42 Å². The quantitative estimate of drug-likeness (QED) is 0.521. The van der Waals surface area contributed by atoms with E-state index in [1.807, 2.05) is 11.8 Å². The Morgan fingerprint density at radius 2 is 2.21 bits per heavy atom. The molecule has 0 spiro atoms. The lowest BCUT2D eigenvalue weighted by Gasteiger charge is -2.31. The molecule has 0 aliphatic heterocycles. The summed E-state index contributed by atoms with van der Waals surface area (Å²) in [4.78, 5) is 14.5. The summed E-state index contributed by atoms with van der Waals surface area (Å²) in [6.45, 7) is 0. The molecule has 2 atom stereocenters. The molecule has 104 valence electrons. The van der Waals surface area contributed by atoms with Crippen LogP contribution in [0.15, 0.2) is 12.1 Å². The summed E-state index contributed by atoms with van der Waals surface area (Å²) in [6, 6.07) is 3.01. The summed E-state index contributed by atoms with van der Waals surface area (Å²) in [5, 5.41) is 14.8. The Labute approximate surface area is 121 Å². The molecule has 0 amide bonds. The zero-order valence-electron chi connectivity index (χ0n) is 10.6. The van der Waals surface area contributed by atoms with Crippen LogP contribution < -0.4 is 5.32 Å². The van der Waals surface area contributed by atoms with E-state index in [1.165, 1.54) is 31.4 Å². The molecule has 1 aliphatic carbocycles. The molecule has 1 saturated carbocycles. The van der Waals surface area contributed by atoms with Crippen molar-refractivity contribution >= 4 is 34.9 Å². The Kier molecular flexibility index (Phi) is 4.87. The molecule has 1 aromatic rings. The molecule has 1 aromatic heterocycles. The number of anilines is 1. The monoisotopic (exact) mass is 301 g/mol. The number of thioether (sulfide) groups is 1. The predicted molar refractivity (Wildman–Crippen MR) is 79.1 cm³/mol. The molecule has 0 radical (unpaired) electrons. The molecule has 0 aromatic carbocycles. The molecule has 2 rings (SSSR count). The number of hydrogen-bond acceptors (Lipinski definition) is 5. The lowest BCUT2D eigenvalue weighted by Crippen LogP contribution is -2.34. The van der Waals surface area contributed by atoms with Gasteiger partial charge in [-0.25, -0.2) is 4.98 Å². The van der Waals surface area contributed by atoms with E-state index >= 15 is 0 Å². The van der Waals surface area contributed by atoms with Gasteiger partial charge in [0.05, 0.1) is 17.1 Å². The first kappa shape index (κ1) is 14.4. The fourth-order valence-corrected chi connectivity index (χ4v) is 3.53. The number of halogens is 1. The van der Waals surface area contributed by atoms with E-state index in [4.69, 9.17) is 11.6 Å². The van der Waals surface area contributed by atoms with Gasteiger partial charge in [-0.15, -0.1) is 0 Å². The average molecular weight is 302 g/mol. The van der Waals surface area contributed by atoms with Crippen LogP contribution in [0.5, 0.6) is 0 Å². The molecule has 19 heavy (non-hydrogen) atoms. The van der Waals surface area contributed by atoms with Gasteiger partial charge >= 0.3 is 0 Å². The SMILES string of the molecule is CSC1CCCCC1Nc1cc([N+](=O)[O-])cc(Cl)n1. The van der Waals surface area contributed by atoms with Gasteiger partial charge in [-0.2, -0.15) is 11.8 Å². The van der Waals surface area contributed by atoms with E-state index in [-0.39, 0.29) is 10.8 Å². The van der Waals surface area contributed by atoms with Crippen LogP contribution in [0, 0.1) is 10.1 Å². The Hall–Kier alpha value is -1.01. The third-order valence-electron chi connectivity index (χ3n) is 3.33. The summed E-state index contributed by atoms with van der Waals surface area (Å²) in [6.07, 6.45) is 6.75. The Morgan fingerprint density at radius 1 is 1.47 bits per heavy atom. The number of pyridine rings is 1. The third-order valence-corrected chi connectivity index (χ3v) is 4.69. The maximum atomic E-state index is 10.8. The summed E-state index contributed by atoms with van der Waals surface area (Å²) >= 11 is 7.65. The van der Waals surface area contributed by atoms with Gasteiger partial charge in [-0.3, -0.25) is 10.1 Å². The maximum absolute atomic E-state index is 10.8. The number of hydrogen-bond donors (Lipinski definition) is 1. The van der Waals surface area contributed by atoms with Crippen LogP contribution in [0.1, 0.15) is 25.7 Å². The average Bonchev–Trinajstić information content (AvgIpc) is 2.38. The first-order chi connectivity index (χ1) is 9.10. The zero-order chi connectivity index (χ0) is 13.8. The summed E-state index contributed by atoms with van der Waals surface area (Å²) in [5.41, 5.74) is -0.0287. The second kappa shape index (κ2) is 6.43. The van der Waals surface area contributed by atoms with Crippen LogP contribution in [0.2, 0.25) is 5.15 Å². The van der Waals surface area contributed by atoms with Gasteiger partial charge in [0, 0.05) is 11.3 Å². The van der Waals surface area contributed by atoms with Crippen molar-refractivity contribution < 1.29 is 4.92 Å². The maximum Gasteiger partial charge on any atom is 0.276 e. The largest absolute Gasteiger partial charge is 0.366 e. The highest BCUT2D eigenvalue weighted by molar-refractivity contribution is 7.99. The molecular formula is C12H16ClN3O2S. The van der Waals surface area contributed by atoms with Crippen LogP contribution >= 0.6 is 23.4 Å². The molecule has 2 unspecified atom stereocenters. The third kappa shape index (κ3) is 3.73. The fourth-order valence-electron chi connectivity index (χ4n) is 2.40. The van der Waals surface area contributed by atoms with Gasteiger partial charge in [-0.05, 0) is 19.1 Å². The smallest absolute Gasteiger partial charge is 0.276 e. The lowest BCUT2D eigenvalue weighted by molar-refractivity contribution is -0.384. The Balaban J connectivity index is 2.15. The topological polar surface area (TPSA) is 68.1 Å². The van der Waals surface area contributed by atoms with E-state index in [9.17, 15) is 10.1 Å². The number of nitro groups is 1. The number of nitrogens with one attached hydrogen (secondary N) is 1. The van der Waals surface area contributed by atoms with Gasteiger partial charge in [0.1, 0.15) is 11.0 Å². The first-order valence-corrected chi connectivity index (χ1v) is 7.88. The molecule has 1 fully saturated rings. The predicted octanol–water partition coefficient (Wildman–Crippen LogP) is 3.73. The van der Waals surface area contributed by atoms with Crippen LogP contribution in [-0.2, 0) is 0 Å². The molecule has 1 aliphatic rings. The van der Waals surface area contributed by atoms with Crippen molar-refractivity contribution in [2.75, 3.05) is 11.6 Å². The highest BCUT2D eigenvalue weighted by Crippen LogP contribution is 2.30. The highest BCUT2D eigenvalue weighted by atomic mass is 35.5. The molecular weight excluding hydrogens is 286 g/mol. The minimum Gasteiger partial charge on any atom is -0.366 e. The van der Waals surface area contributed by atoms with Gasteiger partial charge < -0.3 is 5.32 Å². The van der Waals surface area contributed by atoms with E-state index in [1.54, 1.807) is 0 Å². The molecule has 5 nitrogen and oxygen atoms in total. The van der Waals surface area contributed by atoms with Crippen molar-refractivity contribution in [3.05, 3.63) is 27.4 Å². The molecule has 1 N–H and O–H groups in total. The van der Waals surface area contributed by atoms with E-state index in [0.29, 0.717) is 17.1 Å². The molecule has 0 bridgehead atoms. The van der Waals surface area contributed by atoms with Crippen molar-refractivity contribution in [2.45, 2.75) is 37.0 Å². The van der Waals surface area contributed by atoms with Gasteiger partial charge in [0.25, 0.3) is 5.69 Å². The standard InChI is InChI=1S/C12H16ClN3O2S/c1-19-10-5-3-2-4-9(10)14-12-7-8(16(17)18)6-11(13)15-12/h6-7,9-10H,2-5H2,1H3,(H,14,15). The second-order valence-corrected chi connectivity index (χ2v) is 6.06. The Morgan fingerprint density at radius 3 is 2.89 bits per heavy atom. The van der Waals surface area contributed by atoms with Gasteiger partial charge in [0.2, 0.25) is 0 Å². The van der Waals surface area contributed by atoms with Crippen molar-refractivity contribution in [1.82, 2.24) is 4.98 Å². The van der Waals surface area contributed by atoms with Crippen molar-refractivity contribution in [1.29, 1.82) is 0 Å². The van der Waals surface area contributed by atoms with Crippen LogP contribution in [0.25, 0.3) is 0 Å². The summed E-state index contributed by atoms with van der Waals surface area (Å²) in [5.74, 6) is 0.491. The number of nitrogens with zero attached hydrogens (tertiary/aromatic N) is 2. The highest BCUT2D eigenvalue weighted by Gasteiger charge is 2.25. The number of rotatable bonds is 4. The van der Waals surface area contributed by atoms with Crippen LogP contribution in [-0.4, -0.2) is 27.5 Å². The van der Waals surface area contributed by atoms with E-state index < -0.39 is 4.92 Å². The van der Waals surface area contributed by atoms with E-state index in [2.05, 4.69) is 16.6 Å². The molecule has 1 heterocycles. The van der Waals surface area contributed by atoms with Crippen molar-refractivity contribution in [3.8, 4) is 0 Å². The minimum absolute atomic E-state index is 0.0287. The van der Waals surface area contributed by atoms with Gasteiger partial charge in [-0.1, -0.05) is 24.4 Å². The second-order valence-electron chi connectivity index (χ2n) is 4.60.